The first-order chi connectivity index (χ1) is 17.5. The second kappa shape index (κ2) is 10.4. The van der Waals surface area contributed by atoms with Crippen molar-refractivity contribution < 1.29 is 27.5 Å². The van der Waals surface area contributed by atoms with Gasteiger partial charge in [0.25, 0.3) is 5.56 Å². The molecule has 4 rings (SSSR count). The van der Waals surface area contributed by atoms with Crippen LogP contribution in [-0.4, -0.2) is 66.1 Å². The molecule has 0 radical (unpaired) electrons. The van der Waals surface area contributed by atoms with Gasteiger partial charge in [-0.1, -0.05) is 18.2 Å². The van der Waals surface area contributed by atoms with Crippen molar-refractivity contribution in [2.45, 2.75) is 19.1 Å². The number of benzene rings is 2. The van der Waals surface area contributed by atoms with Crippen molar-refractivity contribution in [3.05, 3.63) is 69.5 Å². The van der Waals surface area contributed by atoms with Crippen LogP contribution in [0.15, 0.2) is 47.3 Å². The number of carboxylic acids is 1. The second-order valence-electron chi connectivity index (χ2n) is 9.26. The third-order valence-corrected chi connectivity index (χ3v) is 6.62. The van der Waals surface area contributed by atoms with Gasteiger partial charge in [0.1, 0.15) is 12.5 Å². The number of carbonyl (C=O) groups is 1. The summed E-state index contributed by atoms with van der Waals surface area (Å²) in [6.07, 6.45) is -4.28. The number of alkyl halides is 4. The molecule has 0 spiro atoms. The number of hydrogen-bond acceptors (Lipinski definition) is 5. The number of fused-ring (bicyclic) bond motifs is 1. The van der Waals surface area contributed by atoms with Gasteiger partial charge in [0.2, 0.25) is 0 Å². The first-order valence-electron chi connectivity index (χ1n) is 11.8. The lowest BCUT2D eigenvalue weighted by atomic mass is 9.96. The molecule has 1 aliphatic rings. The predicted octanol–water partition coefficient (Wildman–Crippen LogP) is 4.35. The SMILES string of the molecule is Cc1cc(C(CF)Nc2ccccc2C(=O)O)c2cc(N3CCN(CC(F)(F)F)CC3)n(C)c(=O)c2c1. The van der Waals surface area contributed by atoms with E-state index in [0.717, 1.165) is 5.56 Å². The first kappa shape index (κ1) is 26.5. The molecular formula is C26H28F4N4O3. The molecule has 2 heterocycles. The number of para-hydroxylation sites is 1. The van der Waals surface area contributed by atoms with Crippen LogP contribution < -0.4 is 15.8 Å². The fraction of sp³-hybridized carbons (Fsp3) is 0.385. The Morgan fingerprint density at radius 3 is 2.38 bits per heavy atom. The van der Waals surface area contributed by atoms with Crippen molar-refractivity contribution in [2.75, 3.05) is 49.6 Å². The third kappa shape index (κ3) is 5.71. The lowest BCUT2D eigenvalue weighted by molar-refractivity contribution is -0.146. The molecule has 3 aromatic rings. The number of aromatic carboxylic acids is 1. The molecule has 1 fully saturated rings. The van der Waals surface area contributed by atoms with E-state index in [1.54, 1.807) is 50.4 Å². The van der Waals surface area contributed by atoms with Gasteiger partial charge in [-0.25, -0.2) is 9.18 Å². The highest BCUT2D eigenvalue weighted by Gasteiger charge is 2.32. The fourth-order valence-electron chi connectivity index (χ4n) is 4.84. The van der Waals surface area contributed by atoms with Crippen LogP contribution in [0.5, 0.6) is 0 Å². The van der Waals surface area contributed by atoms with Crippen molar-refractivity contribution in [1.29, 1.82) is 0 Å². The summed E-state index contributed by atoms with van der Waals surface area (Å²) >= 11 is 0. The van der Waals surface area contributed by atoms with Gasteiger partial charge in [0.15, 0.2) is 0 Å². The predicted molar refractivity (Wildman–Crippen MR) is 134 cm³/mol. The zero-order valence-electron chi connectivity index (χ0n) is 20.5. The van der Waals surface area contributed by atoms with Gasteiger partial charge in [-0.15, -0.1) is 0 Å². The quantitative estimate of drug-likeness (QED) is 0.451. The van der Waals surface area contributed by atoms with Crippen LogP contribution in [0.25, 0.3) is 10.8 Å². The Labute approximate surface area is 210 Å². The van der Waals surface area contributed by atoms with Crippen molar-refractivity contribution in [1.82, 2.24) is 9.47 Å². The van der Waals surface area contributed by atoms with Crippen molar-refractivity contribution in [3.8, 4) is 0 Å². The molecule has 0 saturated carbocycles. The number of halogens is 4. The Morgan fingerprint density at radius 2 is 1.76 bits per heavy atom. The van der Waals surface area contributed by atoms with Crippen molar-refractivity contribution in [2.24, 2.45) is 7.05 Å². The normalized spacial score (nSPS) is 15.7. The first-order valence-corrected chi connectivity index (χ1v) is 11.8. The van der Waals surface area contributed by atoms with E-state index in [2.05, 4.69) is 5.32 Å². The average molecular weight is 521 g/mol. The Bertz CT molecular complexity index is 1360. The summed E-state index contributed by atoms with van der Waals surface area (Å²) in [4.78, 5) is 28.2. The Balaban J connectivity index is 1.74. The highest BCUT2D eigenvalue weighted by molar-refractivity contribution is 5.94. The number of piperazine rings is 1. The van der Waals surface area contributed by atoms with Gasteiger partial charge in [-0.3, -0.25) is 14.3 Å². The Morgan fingerprint density at radius 1 is 1.08 bits per heavy atom. The molecule has 1 aliphatic heterocycles. The zero-order chi connectivity index (χ0) is 26.9. The minimum Gasteiger partial charge on any atom is -0.478 e. The van der Waals surface area contributed by atoms with Crippen LogP contribution in [0, 0.1) is 6.92 Å². The number of rotatable bonds is 7. The lowest BCUT2D eigenvalue weighted by Crippen LogP contribution is -2.50. The van der Waals surface area contributed by atoms with Crippen molar-refractivity contribution >= 4 is 28.2 Å². The lowest BCUT2D eigenvalue weighted by Gasteiger charge is -2.37. The molecule has 2 aromatic carbocycles. The maximum Gasteiger partial charge on any atom is 0.401 e. The third-order valence-electron chi connectivity index (χ3n) is 6.62. The van der Waals surface area contributed by atoms with Gasteiger partial charge in [-0.05, 0) is 47.7 Å². The van der Waals surface area contributed by atoms with E-state index in [-0.39, 0.29) is 29.9 Å². The summed E-state index contributed by atoms with van der Waals surface area (Å²) in [6.45, 7) is 0.909. The number of carboxylic acid groups (broad SMARTS) is 1. The van der Waals surface area contributed by atoms with Crippen molar-refractivity contribution in [3.63, 3.8) is 0 Å². The van der Waals surface area contributed by atoms with Crippen LogP contribution in [0.4, 0.5) is 29.1 Å². The van der Waals surface area contributed by atoms with E-state index in [9.17, 15) is 32.3 Å². The second-order valence-corrected chi connectivity index (χ2v) is 9.26. The highest BCUT2D eigenvalue weighted by atomic mass is 19.4. The number of hydrogen-bond donors (Lipinski definition) is 2. The number of nitrogens with zero attached hydrogens (tertiary/aromatic N) is 3. The molecule has 0 bridgehead atoms. The molecule has 11 heteroatoms. The van der Waals surface area contributed by atoms with Crippen LogP contribution >= 0.6 is 0 Å². The molecule has 0 aliphatic carbocycles. The maximum absolute atomic E-state index is 14.4. The molecule has 2 N–H and O–H groups in total. The minimum absolute atomic E-state index is 0.00811. The number of anilines is 2. The van der Waals surface area contributed by atoms with E-state index in [0.29, 0.717) is 35.2 Å². The summed E-state index contributed by atoms with van der Waals surface area (Å²) in [5.74, 6) is -0.631. The number of aromatic nitrogens is 1. The molecule has 198 valence electrons. The summed E-state index contributed by atoms with van der Waals surface area (Å²) in [5.41, 5.74) is 1.16. The van der Waals surface area contributed by atoms with Gasteiger partial charge >= 0.3 is 12.1 Å². The van der Waals surface area contributed by atoms with Crippen LogP contribution in [0.1, 0.15) is 27.5 Å². The molecular weight excluding hydrogens is 492 g/mol. The number of pyridine rings is 1. The van der Waals surface area contributed by atoms with Crippen LogP contribution in [0.3, 0.4) is 0 Å². The summed E-state index contributed by atoms with van der Waals surface area (Å²) < 4.78 is 54.3. The molecule has 1 atom stereocenters. The zero-order valence-corrected chi connectivity index (χ0v) is 20.5. The van der Waals surface area contributed by atoms with E-state index in [1.807, 2.05) is 4.90 Å². The standard InChI is InChI=1S/C26H28F4N4O3/c1-16-11-19(22(14-27)31-21-6-4-3-5-17(21)25(36)37)18-13-23(32(2)24(35)20(18)12-16)34-9-7-33(8-10-34)15-26(28,29)30/h3-6,11-13,22,31H,7-10,14-15H2,1-2H3,(H,36,37). The Hall–Kier alpha value is -3.60. The smallest absolute Gasteiger partial charge is 0.401 e. The summed E-state index contributed by atoms with van der Waals surface area (Å²) in [6, 6.07) is 10.5. The largest absolute Gasteiger partial charge is 0.478 e. The minimum atomic E-state index is -4.28. The van der Waals surface area contributed by atoms with E-state index in [4.69, 9.17) is 0 Å². The molecule has 1 saturated heterocycles. The Kier molecular flexibility index (Phi) is 7.44. The summed E-state index contributed by atoms with van der Waals surface area (Å²) in [7, 11) is 1.61. The molecule has 7 nitrogen and oxygen atoms in total. The van der Waals surface area contributed by atoms with Gasteiger partial charge in [0.05, 0.1) is 18.2 Å². The number of aryl methyl sites for hydroxylation is 1. The highest BCUT2D eigenvalue weighted by Crippen LogP contribution is 2.31. The fourth-order valence-corrected chi connectivity index (χ4v) is 4.84. The monoisotopic (exact) mass is 520 g/mol. The van der Waals surface area contributed by atoms with E-state index in [1.165, 1.54) is 15.5 Å². The van der Waals surface area contributed by atoms with Gasteiger partial charge in [0, 0.05) is 44.3 Å². The maximum atomic E-state index is 14.4. The van der Waals surface area contributed by atoms with Gasteiger partial charge < -0.3 is 15.3 Å². The van der Waals surface area contributed by atoms with Gasteiger partial charge in [-0.2, -0.15) is 13.2 Å². The van der Waals surface area contributed by atoms with E-state index < -0.39 is 31.4 Å². The van der Waals surface area contributed by atoms with Crippen LogP contribution in [-0.2, 0) is 7.05 Å². The average Bonchev–Trinajstić information content (AvgIpc) is 2.84. The van der Waals surface area contributed by atoms with E-state index >= 15 is 0 Å². The molecule has 37 heavy (non-hydrogen) atoms. The molecule has 0 amide bonds. The molecule has 1 aromatic heterocycles. The topological polar surface area (TPSA) is 77.8 Å². The summed E-state index contributed by atoms with van der Waals surface area (Å²) in [5, 5.41) is 13.4. The molecule has 1 unspecified atom stereocenters. The van der Waals surface area contributed by atoms with Crippen LogP contribution in [0.2, 0.25) is 0 Å². The number of nitrogens with one attached hydrogen (secondary N) is 1.